The zero-order chi connectivity index (χ0) is 14.9. The van der Waals surface area contributed by atoms with E-state index in [9.17, 15) is 9.18 Å². The molecule has 0 saturated carbocycles. The number of hydrogen-bond donors (Lipinski definition) is 1. The normalized spacial score (nSPS) is 21.9. The maximum Gasteiger partial charge on any atom is 0.255 e. The first-order valence-corrected chi connectivity index (χ1v) is 7.28. The molecule has 1 saturated heterocycles. The third kappa shape index (κ3) is 3.87. The Morgan fingerprint density at radius 2 is 2.19 bits per heavy atom. The summed E-state index contributed by atoms with van der Waals surface area (Å²) >= 11 is 6.02. The van der Waals surface area contributed by atoms with Gasteiger partial charge in [0.05, 0.1) is 10.6 Å². The summed E-state index contributed by atoms with van der Waals surface area (Å²) in [7, 11) is 0. The van der Waals surface area contributed by atoms with E-state index in [4.69, 9.17) is 17.3 Å². The minimum Gasteiger partial charge on any atom is -0.334 e. The molecule has 3 nitrogen and oxygen atoms in total. The highest BCUT2D eigenvalue weighted by molar-refractivity contribution is 6.33. The second-order valence-corrected chi connectivity index (χ2v) is 6.01. The molecule has 1 heterocycles. The molecule has 0 aromatic heterocycles. The van der Waals surface area contributed by atoms with Crippen molar-refractivity contribution in [3.63, 3.8) is 0 Å². The Morgan fingerprint density at radius 3 is 2.81 bits per heavy atom. The Labute approximate surface area is 136 Å². The Bertz CT molecular complexity index is 525. The fourth-order valence-electron chi connectivity index (χ4n) is 2.72. The van der Waals surface area contributed by atoms with Crippen molar-refractivity contribution in [2.24, 2.45) is 11.7 Å². The molecule has 6 heteroatoms. The van der Waals surface area contributed by atoms with Gasteiger partial charge in [0.25, 0.3) is 5.91 Å². The number of amides is 1. The zero-order valence-corrected chi connectivity index (χ0v) is 13.8. The molecule has 1 aromatic rings. The summed E-state index contributed by atoms with van der Waals surface area (Å²) < 4.78 is 13.4. The molecule has 1 aliphatic heterocycles. The molecule has 0 bridgehead atoms. The van der Waals surface area contributed by atoms with Crippen LogP contribution in [0.4, 0.5) is 4.39 Å². The van der Waals surface area contributed by atoms with Crippen molar-refractivity contribution in [2.45, 2.75) is 32.7 Å². The average Bonchev–Trinajstić information content (AvgIpc) is 2.42. The molecule has 2 unspecified atom stereocenters. The first-order valence-electron chi connectivity index (χ1n) is 6.90. The van der Waals surface area contributed by atoms with Crippen LogP contribution in [0.25, 0.3) is 0 Å². The van der Waals surface area contributed by atoms with Crippen LogP contribution in [0, 0.1) is 18.7 Å². The molecular formula is C15H21Cl2FN2O. The van der Waals surface area contributed by atoms with E-state index in [0.717, 1.165) is 12.8 Å². The van der Waals surface area contributed by atoms with E-state index in [0.29, 0.717) is 30.1 Å². The Kier molecular flexibility index (Phi) is 6.44. The summed E-state index contributed by atoms with van der Waals surface area (Å²) in [6.45, 7) is 4.91. The lowest BCUT2D eigenvalue weighted by molar-refractivity contribution is 0.0573. The summed E-state index contributed by atoms with van der Waals surface area (Å²) in [5, 5.41) is 0.160. The minimum atomic E-state index is -0.394. The third-order valence-corrected chi connectivity index (χ3v) is 4.30. The van der Waals surface area contributed by atoms with E-state index in [2.05, 4.69) is 6.92 Å². The van der Waals surface area contributed by atoms with Crippen LogP contribution >= 0.6 is 24.0 Å². The molecular weight excluding hydrogens is 314 g/mol. The number of likely N-dealkylation sites (tertiary alicyclic amines) is 1. The second-order valence-electron chi connectivity index (χ2n) is 5.60. The van der Waals surface area contributed by atoms with Gasteiger partial charge in [-0.3, -0.25) is 4.79 Å². The van der Waals surface area contributed by atoms with E-state index in [1.165, 1.54) is 12.1 Å². The van der Waals surface area contributed by atoms with Crippen LogP contribution in [0.3, 0.4) is 0 Å². The largest absolute Gasteiger partial charge is 0.334 e. The maximum absolute atomic E-state index is 13.4. The predicted molar refractivity (Wildman–Crippen MR) is 85.7 cm³/mol. The monoisotopic (exact) mass is 334 g/mol. The summed E-state index contributed by atoms with van der Waals surface area (Å²) in [5.41, 5.74) is 6.56. The molecule has 2 atom stereocenters. The van der Waals surface area contributed by atoms with Crippen LogP contribution in [0.15, 0.2) is 12.1 Å². The lowest BCUT2D eigenvalue weighted by atomic mass is 9.91. The number of piperidine rings is 1. The molecule has 2 N–H and O–H groups in total. The van der Waals surface area contributed by atoms with Crippen molar-refractivity contribution < 1.29 is 9.18 Å². The van der Waals surface area contributed by atoms with Crippen molar-refractivity contribution in [3.05, 3.63) is 34.1 Å². The molecule has 1 aromatic carbocycles. The lowest BCUT2D eigenvalue weighted by Crippen LogP contribution is -2.49. The van der Waals surface area contributed by atoms with Crippen LogP contribution in [0.1, 0.15) is 35.7 Å². The van der Waals surface area contributed by atoms with E-state index < -0.39 is 5.82 Å². The quantitative estimate of drug-likeness (QED) is 0.900. The highest BCUT2D eigenvalue weighted by Crippen LogP contribution is 2.27. The fraction of sp³-hybridized carbons (Fsp3) is 0.533. The van der Waals surface area contributed by atoms with Crippen molar-refractivity contribution >= 4 is 29.9 Å². The first kappa shape index (κ1) is 18.2. The van der Waals surface area contributed by atoms with Gasteiger partial charge >= 0.3 is 0 Å². The molecule has 0 spiro atoms. The summed E-state index contributed by atoms with van der Waals surface area (Å²) in [6.07, 6.45) is 1.86. The van der Waals surface area contributed by atoms with Crippen LogP contribution in [-0.4, -0.2) is 29.9 Å². The fourth-order valence-corrected chi connectivity index (χ4v) is 2.95. The minimum absolute atomic E-state index is 0. The van der Waals surface area contributed by atoms with Gasteiger partial charge in [-0.1, -0.05) is 18.5 Å². The molecule has 0 aliphatic carbocycles. The van der Waals surface area contributed by atoms with E-state index in [-0.39, 0.29) is 29.4 Å². The van der Waals surface area contributed by atoms with Gasteiger partial charge < -0.3 is 10.6 Å². The van der Waals surface area contributed by atoms with Crippen molar-refractivity contribution in [1.82, 2.24) is 4.90 Å². The number of nitrogens with zero attached hydrogens (tertiary/aromatic N) is 1. The number of carbonyl (C=O) groups excluding carboxylic acids is 1. The highest BCUT2D eigenvalue weighted by atomic mass is 35.5. The van der Waals surface area contributed by atoms with Gasteiger partial charge in [0.2, 0.25) is 0 Å². The van der Waals surface area contributed by atoms with Crippen LogP contribution in [0.5, 0.6) is 0 Å². The number of nitrogens with two attached hydrogens (primary N) is 1. The summed E-state index contributed by atoms with van der Waals surface area (Å²) in [6, 6.07) is 2.76. The van der Waals surface area contributed by atoms with Crippen molar-refractivity contribution in [1.29, 1.82) is 0 Å². The first-order chi connectivity index (χ1) is 9.43. The Hall–Kier alpha value is -0.840. The van der Waals surface area contributed by atoms with Gasteiger partial charge in [-0.05, 0) is 43.4 Å². The number of rotatable bonds is 2. The molecule has 21 heavy (non-hydrogen) atoms. The van der Waals surface area contributed by atoms with Crippen molar-refractivity contribution in [2.75, 3.05) is 13.1 Å². The topological polar surface area (TPSA) is 46.3 Å². The Balaban J connectivity index is 0.00000220. The van der Waals surface area contributed by atoms with Gasteiger partial charge in [-0.2, -0.15) is 0 Å². The van der Waals surface area contributed by atoms with Gasteiger partial charge in [-0.25, -0.2) is 4.39 Å². The van der Waals surface area contributed by atoms with Gasteiger partial charge in [0.15, 0.2) is 0 Å². The van der Waals surface area contributed by atoms with Gasteiger partial charge in [0, 0.05) is 19.1 Å². The number of carbonyl (C=O) groups is 1. The van der Waals surface area contributed by atoms with Crippen LogP contribution in [0.2, 0.25) is 5.02 Å². The average molecular weight is 335 g/mol. The van der Waals surface area contributed by atoms with E-state index in [1.807, 2.05) is 0 Å². The molecule has 1 aliphatic rings. The van der Waals surface area contributed by atoms with E-state index >= 15 is 0 Å². The Morgan fingerprint density at radius 1 is 1.52 bits per heavy atom. The number of aryl methyl sites for hydroxylation is 1. The molecule has 118 valence electrons. The lowest BCUT2D eigenvalue weighted by Gasteiger charge is -2.38. The maximum atomic E-state index is 13.4. The summed E-state index contributed by atoms with van der Waals surface area (Å²) in [5.74, 6) is 0.0210. The van der Waals surface area contributed by atoms with Crippen LogP contribution in [-0.2, 0) is 0 Å². The smallest absolute Gasteiger partial charge is 0.255 e. The molecule has 1 fully saturated rings. The zero-order valence-electron chi connectivity index (χ0n) is 12.2. The van der Waals surface area contributed by atoms with Gasteiger partial charge in [-0.15, -0.1) is 12.4 Å². The molecule has 1 amide bonds. The third-order valence-electron chi connectivity index (χ3n) is 3.99. The standard InChI is InChI=1S/C15H20ClFN2O.ClH/c1-9-3-4-19(11(5-9)8-18)15(20)12-6-10(2)14(17)7-13(12)16;/h6-7,9,11H,3-5,8,18H2,1-2H3;1H. The number of benzene rings is 1. The predicted octanol–water partition coefficient (Wildman–Crippen LogP) is 3.41. The highest BCUT2D eigenvalue weighted by Gasteiger charge is 2.30. The van der Waals surface area contributed by atoms with E-state index in [1.54, 1.807) is 11.8 Å². The van der Waals surface area contributed by atoms with Crippen LogP contribution < -0.4 is 5.73 Å². The summed E-state index contributed by atoms with van der Waals surface area (Å²) in [4.78, 5) is 14.4. The van der Waals surface area contributed by atoms with Crippen molar-refractivity contribution in [3.8, 4) is 0 Å². The second kappa shape index (κ2) is 7.43. The SMILES string of the molecule is Cc1cc(C(=O)N2CCC(C)CC2CN)c(Cl)cc1F.Cl. The number of hydrogen-bond acceptors (Lipinski definition) is 2. The molecule has 0 radical (unpaired) electrons. The number of halogens is 3. The van der Waals surface area contributed by atoms with Gasteiger partial charge in [0.1, 0.15) is 5.82 Å². The molecule has 2 rings (SSSR count).